The first kappa shape index (κ1) is 19.0. The molecule has 0 radical (unpaired) electrons. The zero-order valence-corrected chi connectivity index (χ0v) is 16.8. The molecule has 2 rings (SSSR count). The largest absolute Gasteiger partial charge is 0.456 e. The first-order valence-electron chi connectivity index (χ1n) is 6.88. The molecule has 0 saturated heterocycles. The van der Waals surface area contributed by atoms with Crippen molar-refractivity contribution in [2.45, 2.75) is 23.6 Å². The summed E-state index contributed by atoms with van der Waals surface area (Å²) in [5.41, 5.74) is 1.86. The van der Waals surface area contributed by atoms with Gasteiger partial charge in [-0.3, -0.25) is 0 Å². The van der Waals surface area contributed by atoms with Gasteiger partial charge in [-0.2, -0.15) is 0 Å². The lowest BCUT2D eigenvalue weighted by molar-refractivity contribution is 0.463. The van der Waals surface area contributed by atoms with Gasteiger partial charge in [0.1, 0.15) is 16.4 Å². The first-order valence-corrected chi connectivity index (χ1v) is 11.5. The van der Waals surface area contributed by atoms with Crippen LogP contribution >= 0.6 is 15.9 Å². The quantitative estimate of drug-likeness (QED) is 0.736. The third-order valence-electron chi connectivity index (χ3n) is 3.42. The number of benzene rings is 2. The van der Waals surface area contributed by atoms with Crippen molar-refractivity contribution in [1.82, 2.24) is 0 Å². The van der Waals surface area contributed by atoms with Crippen molar-refractivity contribution in [3.05, 3.63) is 45.9 Å². The molecule has 0 spiro atoms. The second-order valence-electron chi connectivity index (χ2n) is 5.62. The summed E-state index contributed by atoms with van der Waals surface area (Å²) in [6, 6.07) is 7.47. The van der Waals surface area contributed by atoms with Gasteiger partial charge in [0.25, 0.3) is 0 Å². The standard InChI is InChI=1S/C16H17BrO5S2/c1-10-7-11(2)15(9-13(10)17)22-14-6-5-12(23(3,18)19)8-16(14)24(4,20)21/h5-9H,1-4H3. The van der Waals surface area contributed by atoms with Crippen LogP contribution in [0.15, 0.2) is 44.6 Å². The molecule has 8 heteroatoms. The van der Waals surface area contributed by atoms with Crippen molar-refractivity contribution in [1.29, 1.82) is 0 Å². The van der Waals surface area contributed by atoms with Gasteiger partial charge in [-0.15, -0.1) is 0 Å². The molecule has 130 valence electrons. The summed E-state index contributed by atoms with van der Waals surface area (Å²) in [4.78, 5) is -0.237. The molecule has 5 nitrogen and oxygen atoms in total. The number of aryl methyl sites for hydroxylation is 2. The molecule has 24 heavy (non-hydrogen) atoms. The highest BCUT2D eigenvalue weighted by Gasteiger charge is 2.20. The van der Waals surface area contributed by atoms with Crippen molar-refractivity contribution >= 4 is 35.6 Å². The monoisotopic (exact) mass is 432 g/mol. The van der Waals surface area contributed by atoms with Crippen molar-refractivity contribution in [2.24, 2.45) is 0 Å². The Kier molecular flexibility index (Phi) is 5.13. The van der Waals surface area contributed by atoms with E-state index in [1.807, 2.05) is 19.9 Å². The zero-order valence-electron chi connectivity index (χ0n) is 13.6. The molecule has 0 saturated carbocycles. The van der Waals surface area contributed by atoms with Crippen LogP contribution in [0.5, 0.6) is 11.5 Å². The summed E-state index contributed by atoms with van der Waals surface area (Å²) in [5, 5.41) is 0. The molecule has 0 amide bonds. The average molecular weight is 433 g/mol. The predicted octanol–water partition coefficient (Wildman–Crippen LogP) is 3.67. The Morgan fingerprint density at radius 1 is 0.833 bits per heavy atom. The highest BCUT2D eigenvalue weighted by Crippen LogP contribution is 2.34. The van der Waals surface area contributed by atoms with E-state index in [-0.39, 0.29) is 15.5 Å². The summed E-state index contributed by atoms with van der Waals surface area (Å²) >= 11 is 3.41. The third kappa shape index (κ3) is 4.17. The van der Waals surface area contributed by atoms with Gasteiger partial charge in [0, 0.05) is 17.0 Å². The number of hydrogen-bond donors (Lipinski definition) is 0. The van der Waals surface area contributed by atoms with Crippen LogP contribution in [-0.2, 0) is 19.7 Å². The maximum atomic E-state index is 12.0. The van der Waals surface area contributed by atoms with Gasteiger partial charge in [0.15, 0.2) is 19.7 Å². The number of halogens is 1. The molecular weight excluding hydrogens is 416 g/mol. The topological polar surface area (TPSA) is 77.5 Å². The number of hydrogen-bond acceptors (Lipinski definition) is 5. The Labute approximate surface area is 150 Å². The van der Waals surface area contributed by atoms with Crippen LogP contribution in [0.2, 0.25) is 0 Å². The molecule has 0 aromatic heterocycles. The summed E-state index contributed by atoms with van der Waals surface area (Å²) < 4.78 is 54.0. The van der Waals surface area contributed by atoms with Gasteiger partial charge in [0.2, 0.25) is 0 Å². The maximum absolute atomic E-state index is 12.0. The molecular formula is C16H17BrO5S2. The lowest BCUT2D eigenvalue weighted by Crippen LogP contribution is -2.04. The van der Waals surface area contributed by atoms with Crippen LogP contribution in [0.1, 0.15) is 11.1 Å². The Balaban J connectivity index is 2.61. The predicted molar refractivity (Wildman–Crippen MR) is 96.4 cm³/mol. The minimum absolute atomic E-state index is 0.0721. The normalized spacial score (nSPS) is 12.2. The van der Waals surface area contributed by atoms with Gasteiger partial charge in [0.05, 0.1) is 4.90 Å². The number of ether oxygens (including phenoxy) is 1. The van der Waals surface area contributed by atoms with Crippen LogP contribution in [0.4, 0.5) is 0 Å². The Bertz CT molecular complexity index is 1010. The third-order valence-corrected chi connectivity index (χ3v) is 6.50. The average Bonchev–Trinajstić information content (AvgIpc) is 2.42. The molecule has 0 N–H and O–H groups in total. The minimum atomic E-state index is -3.67. The highest BCUT2D eigenvalue weighted by molar-refractivity contribution is 9.10. The van der Waals surface area contributed by atoms with E-state index in [1.54, 1.807) is 6.07 Å². The SMILES string of the molecule is Cc1cc(C)c(Oc2ccc(S(C)(=O)=O)cc2S(C)(=O)=O)cc1Br. The molecule has 0 aliphatic carbocycles. The molecule has 0 heterocycles. The molecule has 0 aliphatic rings. The van der Waals surface area contributed by atoms with E-state index < -0.39 is 19.7 Å². The molecule has 0 fully saturated rings. The van der Waals surface area contributed by atoms with E-state index in [0.29, 0.717) is 5.75 Å². The highest BCUT2D eigenvalue weighted by atomic mass is 79.9. The van der Waals surface area contributed by atoms with E-state index in [1.165, 1.54) is 12.1 Å². The Hall–Kier alpha value is -1.38. The fourth-order valence-electron chi connectivity index (χ4n) is 2.13. The zero-order chi connectivity index (χ0) is 18.3. The maximum Gasteiger partial charge on any atom is 0.179 e. The summed E-state index contributed by atoms with van der Waals surface area (Å²) in [5.74, 6) is 0.577. The second-order valence-corrected chi connectivity index (χ2v) is 10.5. The van der Waals surface area contributed by atoms with Crippen molar-refractivity contribution < 1.29 is 21.6 Å². The number of sulfone groups is 2. The molecule has 2 aromatic carbocycles. The fraction of sp³-hybridized carbons (Fsp3) is 0.250. The summed E-state index contributed by atoms with van der Waals surface area (Å²) in [7, 11) is -7.19. The van der Waals surface area contributed by atoms with Crippen molar-refractivity contribution in [3.63, 3.8) is 0 Å². The molecule has 2 aromatic rings. The number of rotatable bonds is 4. The summed E-state index contributed by atoms with van der Waals surface area (Å²) in [6.07, 6.45) is 2.04. The lowest BCUT2D eigenvalue weighted by atomic mass is 10.1. The van der Waals surface area contributed by atoms with Gasteiger partial charge in [-0.25, -0.2) is 16.8 Å². The van der Waals surface area contributed by atoms with Gasteiger partial charge in [-0.1, -0.05) is 22.0 Å². The minimum Gasteiger partial charge on any atom is -0.456 e. The Morgan fingerprint density at radius 3 is 2.00 bits per heavy atom. The van der Waals surface area contributed by atoms with E-state index >= 15 is 0 Å². The van der Waals surface area contributed by atoms with E-state index in [9.17, 15) is 16.8 Å². The van der Waals surface area contributed by atoms with Crippen LogP contribution in [0, 0.1) is 13.8 Å². The smallest absolute Gasteiger partial charge is 0.179 e. The lowest BCUT2D eigenvalue weighted by Gasteiger charge is -2.14. The van der Waals surface area contributed by atoms with Crippen molar-refractivity contribution in [3.8, 4) is 11.5 Å². The van der Waals surface area contributed by atoms with Crippen LogP contribution in [-0.4, -0.2) is 29.3 Å². The van der Waals surface area contributed by atoms with Gasteiger partial charge < -0.3 is 4.74 Å². The molecule has 0 bridgehead atoms. The van der Waals surface area contributed by atoms with E-state index in [0.717, 1.165) is 34.2 Å². The molecule has 0 atom stereocenters. The van der Waals surface area contributed by atoms with E-state index in [4.69, 9.17) is 4.74 Å². The molecule has 0 unspecified atom stereocenters. The Morgan fingerprint density at radius 2 is 1.46 bits per heavy atom. The van der Waals surface area contributed by atoms with Gasteiger partial charge >= 0.3 is 0 Å². The van der Waals surface area contributed by atoms with E-state index in [2.05, 4.69) is 15.9 Å². The second kappa shape index (κ2) is 6.50. The van der Waals surface area contributed by atoms with Crippen molar-refractivity contribution in [2.75, 3.05) is 12.5 Å². The molecule has 0 aliphatic heterocycles. The van der Waals surface area contributed by atoms with Crippen LogP contribution in [0.25, 0.3) is 0 Å². The summed E-state index contributed by atoms with van der Waals surface area (Å²) in [6.45, 7) is 3.78. The fourth-order valence-corrected chi connectivity index (χ4v) is 3.99. The first-order chi connectivity index (χ1) is 10.9. The van der Waals surface area contributed by atoms with Crippen LogP contribution < -0.4 is 4.74 Å². The van der Waals surface area contributed by atoms with Gasteiger partial charge in [-0.05, 0) is 49.2 Å². The van der Waals surface area contributed by atoms with Crippen LogP contribution in [0.3, 0.4) is 0 Å².